The Morgan fingerprint density at radius 3 is 2.45 bits per heavy atom. The lowest BCUT2D eigenvalue weighted by Crippen LogP contribution is -2.55. The molecule has 1 unspecified atom stereocenters. The summed E-state index contributed by atoms with van der Waals surface area (Å²) in [5.41, 5.74) is 2.10. The molecule has 0 radical (unpaired) electrons. The van der Waals surface area contributed by atoms with Gasteiger partial charge in [0.1, 0.15) is 5.82 Å². The van der Waals surface area contributed by atoms with Crippen LogP contribution in [0.15, 0.2) is 23.0 Å². The second kappa shape index (κ2) is 11.6. The first-order valence-electron chi connectivity index (χ1n) is 12.9. The summed E-state index contributed by atoms with van der Waals surface area (Å²) in [6, 6.07) is 7.30. The van der Waals surface area contributed by atoms with Crippen molar-refractivity contribution in [2.45, 2.75) is 92.0 Å². The van der Waals surface area contributed by atoms with Gasteiger partial charge in [-0.25, -0.2) is 4.98 Å². The van der Waals surface area contributed by atoms with Crippen LogP contribution in [-0.4, -0.2) is 58.1 Å². The van der Waals surface area contributed by atoms with Crippen molar-refractivity contribution in [3.05, 3.63) is 39.9 Å². The van der Waals surface area contributed by atoms with Crippen LogP contribution in [0.1, 0.15) is 78.2 Å². The van der Waals surface area contributed by atoms with Crippen LogP contribution in [0, 0.1) is 5.92 Å². The third-order valence-corrected chi connectivity index (χ3v) is 6.79. The number of hydrogen-bond acceptors (Lipinski definition) is 5. The summed E-state index contributed by atoms with van der Waals surface area (Å²) < 4.78 is 1.92. The minimum Gasteiger partial charge on any atom is -0.309 e. The van der Waals surface area contributed by atoms with E-state index in [9.17, 15) is 4.79 Å². The fourth-order valence-electron chi connectivity index (χ4n) is 5.18. The van der Waals surface area contributed by atoms with E-state index in [1.165, 1.54) is 12.0 Å². The van der Waals surface area contributed by atoms with Gasteiger partial charge in [0.15, 0.2) is 0 Å². The third-order valence-electron chi connectivity index (χ3n) is 6.79. The Hall–Kier alpha value is -1.76. The van der Waals surface area contributed by atoms with Crippen molar-refractivity contribution in [1.29, 1.82) is 0 Å². The van der Waals surface area contributed by atoms with Crippen LogP contribution in [-0.2, 0) is 13.1 Å². The molecule has 1 aromatic carbocycles. The standard InChI is InChI=1S/C27H45N5O/c1-8-10-25(31-16-20(5)28-21(6)17-31)26-29-24-12-11-22(18-30(7)14-13-19(3)4)15-23(24)27(33)32(26)9-2/h11-12,15,19-21,25,28H,8-10,13-14,16-18H2,1-7H3/t20-,21+,25?. The van der Waals surface area contributed by atoms with Crippen LogP contribution in [0.3, 0.4) is 0 Å². The number of fused-ring (bicyclic) bond motifs is 1. The molecule has 2 aromatic rings. The number of piperazine rings is 1. The van der Waals surface area contributed by atoms with Crippen LogP contribution in [0.25, 0.3) is 10.9 Å². The van der Waals surface area contributed by atoms with Gasteiger partial charge in [0.25, 0.3) is 5.56 Å². The topological polar surface area (TPSA) is 53.4 Å². The van der Waals surface area contributed by atoms with Crippen LogP contribution in [0.5, 0.6) is 0 Å². The molecule has 6 nitrogen and oxygen atoms in total. The fraction of sp³-hybridized carbons (Fsp3) is 0.704. The van der Waals surface area contributed by atoms with E-state index in [0.717, 1.165) is 55.7 Å². The van der Waals surface area contributed by atoms with Crippen molar-refractivity contribution in [2.75, 3.05) is 26.7 Å². The van der Waals surface area contributed by atoms with Crippen molar-refractivity contribution in [1.82, 2.24) is 24.7 Å². The van der Waals surface area contributed by atoms with Gasteiger partial charge < -0.3 is 10.2 Å². The van der Waals surface area contributed by atoms with E-state index in [4.69, 9.17) is 4.98 Å². The fourth-order valence-corrected chi connectivity index (χ4v) is 5.18. The SMILES string of the molecule is CCCC(c1nc2ccc(CN(C)CCC(C)C)cc2c(=O)n1CC)N1C[C@@H](C)N[C@@H](C)C1. The molecule has 0 bridgehead atoms. The highest BCUT2D eigenvalue weighted by molar-refractivity contribution is 5.78. The van der Waals surface area contributed by atoms with E-state index < -0.39 is 0 Å². The van der Waals surface area contributed by atoms with Gasteiger partial charge in [-0.3, -0.25) is 14.3 Å². The molecular formula is C27H45N5O. The second-order valence-electron chi connectivity index (χ2n) is 10.5. The Kier molecular flexibility index (Phi) is 9.08. The summed E-state index contributed by atoms with van der Waals surface area (Å²) in [6.45, 7) is 17.8. The van der Waals surface area contributed by atoms with E-state index in [-0.39, 0.29) is 11.6 Å². The van der Waals surface area contributed by atoms with Gasteiger partial charge in [0, 0.05) is 38.3 Å². The average Bonchev–Trinajstić information content (AvgIpc) is 2.75. The van der Waals surface area contributed by atoms with Crippen molar-refractivity contribution in [2.24, 2.45) is 5.92 Å². The maximum Gasteiger partial charge on any atom is 0.261 e. The summed E-state index contributed by atoms with van der Waals surface area (Å²) in [6.07, 6.45) is 3.26. The third kappa shape index (κ3) is 6.43. The molecule has 1 aromatic heterocycles. The first-order chi connectivity index (χ1) is 15.7. The van der Waals surface area contributed by atoms with Crippen LogP contribution in [0.2, 0.25) is 0 Å². The maximum atomic E-state index is 13.6. The zero-order valence-corrected chi connectivity index (χ0v) is 21.9. The molecule has 3 atom stereocenters. The Bertz CT molecular complexity index is 959. The number of nitrogens with zero attached hydrogens (tertiary/aromatic N) is 4. The number of rotatable bonds is 10. The van der Waals surface area contributed by atoms with Gasteiger partial charge in [0.2, 0.25) is 0 Å². The van der Waals surface area contributed by atoms with E-state index >= 15 is 0 Å². The molecule has 6 heteroatoms. The summed E-state index contributed by atoms with van der Waals surface area (Å²) in [7, 11) is 2.16. The zero-order chi connectivity index (χ0) is 24.1. The Balaban J connectivity index is 1.96. The first-order valence-corrected chi connectivity index (χ1v) is 12.9. The lowest BCUT2D eigenvalue weighted by molar-refractivity contribution is 0.109. The first kappa shape index (κ1) is 25.9. The highest BCUT2D eigenvalue weighted by Gasteiger charge is 2.30. The van der Waals surface area contributed by atoms with Crippen molar-refractivity contribution in [3.63, 3.8) is 0 Å². The average molecular weight is 456 g/mol. The highest BCUT2D eigenvalue weighted by Crippen LogP contribution is 2.27. The van der Waals surface area contributed by atoms with Gasteiger partial charge >= 0.3 is 0 Å². The largest absolute Gasteiger partial charge is 0.309 e. The minimum absolute atomic E-state index is 0.0986. The molecule has 0 saturated carbocycles. The predicted octanol–water partition coefficient (Wildman–Crippen LogP) is 4.42. The Morgan fingerprint density at radius 1 is 1.15 bits per heavy atom. The zero-order valence-electron chi connectivity index (χ0n) is 21.9. The molecule has 2 heterocycles. The highest BCUT2D eigenvalue weighted by atomic mass is 16.1. The number of nitrogens with one attached hydrogen (secondary N) is 1. The van der Waals surface area contributed by atoms with Crippen molar-refractivity contribution >= 4 is 10.9 Å². The normalized spacial score (nSPS) is 20.8. The van der Waals surface area contributed by atoms with E-state index in [1.54, 1.807) is 0 Å². The number of benzene rings is 1. The van der Waals surface area contributed by atoms with Gasteiger partial charge in [-0.1, -0.05) is 33.3 Å². The molecule has 0 aliphatic carbocycles. The predicted molar refractivity (Wildman–Crippen MR) is 139 cm³/mol. The quantitative estimate of drug-likeness (QED) is 0.575. The molecule has 1 fully saturated rings. The molecule has 33 heavy (non-hydrogen) atoms. The van der Waals surface area contributed by atoms with Crippen LogP contribution < -0.4 is 10.9 Å². The molecule has 1 aliphatic rings. The van der Waals surface area contributed by atoms with Gasteiger partial charge in [-0.05, 0) is 70.8 Å². The van der Waals surface area contributed by atoms with Crippen molar-refractivity contribution in [3.8, 4) is 0 Å². The Morgan fingerprint density at radius 2 is 1.85 bits per heavy atom. The molecule has 184 valence electrons. The van der Waals surface area contributed by atoms with E-state index in [0.29, 0.717) is 24.5 Å². The van der Waals surface area contributed by atoms with E-state index in [2.05, 4.69) is 81.9 Å². The molecule has 1 N–H and O–H groups in total. The van der Waals surface area contributed by atoms with Crippen molar-refractivity contribution < 1.29 is 0 Å². The molecule has 0 amide bonds. The van der Waals surface area contributed by atoms with Crippen LogP contribution in [0.4, 0.5) is 0 Å². The molecular weight excluding hydrogens is 410 g/mol. The second-order valence-corrected chi connectivity index (χ2v) is 10.5. The molecule has 0 spiro atoms. The molecule has 3 rings (SSSR count). The Labute approximate surface area is 200 Å². The maximum absolute atomic E-state index is 13.6. The van der Waals surface area contributed by atoms with Gasteiger partial charge in [-0.15, -0.1) is 0 Å². The van der Waals surface area contributed by atoms with E-state index in [1.807, 2.05) is 4.57 Å². The smallest absolute Gasteiger partial charge is 0.261 e. The summed E-state index contributed by atoms with van der Waals surface area (Å²) in [5.74, 6) is 1.63. The summed E-state index contributed by atoms with van der Waals surface area (Å²) in [4.78, 5) is 23.6. The van der Waals surface area contributed by atoms with Gasteiger partial charge in [-0.2, -0.15) is 0 Å². The lowest BCUT2D eigenvalue weighted by atomic mass is 10.0. The minimum atomic E-state index is 0.0986. The summed E-state index contributed by atoms with van der Waals surface area (Å²) in [5, 5.41) is 4.37. The van der Waals surface area contributed by atoms with Crippen LogP contribution >= 0.6 is 0 Å². The lowest BCUT2D eigenvalue weighted by Gasteiger charge is -2.41. The summed E-state index contributed by atoms with van der Waals surface area (Å²) >= 11 is 0. The van der Waals surface area contributed by atoms with Gasteiger partial charge in [0.05, 0.1) is 16.9 Å². The monoisotopic (exact) mass is 455 g/mol. The molecule has 1 aliphatic heterocycles. The number of aromatic nitrogens is 2. The molecule has 1 saturated heterocycles. The number of hydrogen-bond donors (Lipinski definition) is 1.